The fourth-order valence-electron chi connectivity index (χ4n) is 0.750. The third-order valence-corrected chi connectivity index (χ3v) is 1.62. The molecule has 0 saturated carbocycles. The average molecular weight is 213 g/mol. The van der Waals surface area contributed by atoms with Gasteiger partial charge in [-0.25, -0.2) is 4.98 Å². The number of methoxy groups -OCH3 is 1. The normalized spacial score (nSPS) is 9.21. The molecule has 1 aromatic heterocycles. The van der Waals surface area contributed by atoms with Crippen LogP contribution in [0.15, 0.2) is 6.20 Å². The number of hydrogen-bond donors (Lipinski definition) is 0. The first-order valence-electron chi connectivity index (χ1n) is 3.90. The summed E-state index contributed by atoms with van der Waals surface area (Å²) in [4.78, 5) is 7.75. The smallest absolute Gasteiger partial charge is 0.319 e. The van der Waals surface area contributed by atoms with Gasteiger partial charge in [-0.1, -0.05) is 11.6 Å². The summed E-state index contributed by atoms with van der Waals surface area (Å²) in [6.45, 7) is 0.376. The molecule has 0 aliphatic rings. The van der Waals surface area contributed by atoms with E-state index in [0.717, 1.165) is 0 Å². The van der Waals surface area contributed by atoms with E-state index in [0.29, 0.717) is 18.1 Å². The van der Waals surface area contributed by atoms with Crippen molar-refractivity contribution >= 4 is 11.6 Å². The Labute approximate surface area is 87.2 Å². The highest BCUT2D eigenvalue weighted by Crippen LogP contribution is 2.21. The van der Waals surface area contributed by atoms with Crippen molar-refractivity contribution in [1.29, 1.82) is 0 Å². The van der Waals surface area contributed by atoms with Crippen molar-refractivity contribution in [2.75, 3.05) is 13.7 Å². The lowest BCUT2D eigenvalue weighted by atomic mass is 10.5. The minimum absolute atomic E-state index is 0.210. The van der Waals surface area contributed by atoms with Gasteiger partial charge in [-0.3, -0.25) is 0 Å². The molecule has 0 amide bonds. The number of ether oxygens (including phenoxy) is 2. The van der Waals surface area contributed by atoms with Crippen LogP contribution in [0.5, 0.6) is 11.9 Å². The van der Waals surface area contributed by atoms with Crippen LogP contribution in [0, 0.1) is 12.3 Å². The minimum atomic E-state index is 0.210. The maximum absolute atomic E-state index is 5.72. The predicted octanol–water partition coefficient (Wildman–Crippen LogP) is 1.54. The lowest BCUT2D eigenvalue weighted by molar-refractivity contribution is 0.292. The Kier molecular flexibility index (Phi) is 4.02. The molecule has 1 heterocycles. The second kappa shape index (κ2) is 5.30. The van der Waals surface area contributed by atoms with Gasteiger partial charge in [0.25, 0.3) is 0 Å². The molecule has 0 atom stereocenters. The highest BCUT2D eigenvalue weighted by atomic mass is 35.5. The third kappa shape index (κ3) is 2.79. The molecular weight excluding hydrogens is 204 g/mol. The quantitative estimate of drug-likeness (QED) is 0.561. The van der Waals surface area contributed by atoms with Crippen molar-refractivity contribution in [3.63, 3.8) is 0 Å². The van der Waals surface area contributed by atoms with Crippen LogP contribution >= 0.6 is 11.6 Å². The third-order valence-electron chi connectivity index (χ3n) is 1.36. The predicted molar refractivity (Wildman–Crippen MR) is 52.5 cm³/mol. The second-order valence-corrected chi connectivity index (χ2v) is 2.72. The van der Waals surface area contributed by atoms with Crippen LogP contribution < -0.4 is 9.47 Å². The van der Waals surface area contributed by atoms with E-state index in [1.165, 1.54) is 13.3 Å². The lowest BCUT2D eigenvalue weighted by Crippen LogP contribution is -2.01. The van der Waals surface area contributed by atoms with Gasteiger partial charge in [0, 0.05) is 6.42 Å². The van der Waals surface area contributed by atoms with E-state index in [2.05, 4.69) is 15.9 Å². The Hall–Kier alpha value is -1.47. The fraction of sp³-hybridized carbons (Fsp3) is 0.333. The van der Waals surface area contributed by atoms with Gasteiger partial charge in [-0.05, 0) is 0 Å². The average Bonchev–Trinajstić information content (AvgIpc) is 2.21. The molecule has 0 aromatic carbocycles. The molecule has 0 spiro atoms. The molecule has 0 unspecified atom stereocenters. The van der Waals surface area contributed by atoms with Crippen molar-refractivity contribution in [2.45, 2.75) is 6.42 Å². The zero-order valence-electron chi connectivity index (χ0n) is 7.66. The molecule has 0 bridgehead atoms. The summed E-state index contributed by atoms with van der Waals surface area (Å²) in [6, 6.07) is 0.210. The molecule has 1 rings (SSSR count). The van der Waals surface area contributed by atoms with E-state index in [-0.39, 0.29) is 11.9 Å². The molecule has 74 valence electrons. The molecule has 5 heteroatoms. The summed E-state index contributed by atoms with van der Waals surface area (Å²) in [5.74, 6) is 2.73. The molecule has 0 radical (unpaired) electrons. The van der Waals surface area contributed by atoms with Crippen LogP contribution in [0.1, 0.15) is 6.42 Å². The van der Waals surface area contributed by atoms with Gasteiger partial charge < -0.3 is 9.47 Å². The second-order valence-electron chi connectivity index (χ2n) is 2.31. The summed E-state index contributed by atoms with van der Waals surface area (Å²) >= 11 is 5.72. The maximum Gasteiger partial charge on any atom is 0.319 e. The van der Waals surface area contributed by atoms with E-state index in [4.69, 9.17) is 27.5 Å². The monoisotopic (exact) mass is 212 g/mol. The van der Waals surface area contributed by atoms with E-state index < -0.39 is 0 Å². The number of aromatic nitrogens is 2. The van der Waals surface area contributed by atoms with Gasteiger partial charge >= 0.3 is 6.01 Å². The molecule has 4 nitrogen and oxygen atoms in total. The van der Waals surface area contributed by atoms with Crippen LogP contribution in [0.2, 0.25) is 5.02 Å². The Morgan fingerprint density at radius 3 is 3.07 bits per heavy atom. The zero-order chi connectivity index (χ0) is 10.4. The summed E-state index contributed by atoms with van der Waals surface area (Å²) < 4.78 is 10.0. The van der Waals surface area contributed by atoms with Crippen LogP contribution in [0.25, 0.3) is 0 Å². The highest BCUT2D eigenvalue weighted by molar-refractivity contribution is 6.31. The van der Waals surface area contributed by atoms with E-state index in [9.17, 15) is 0 Å². The van der Waals surface area contributed by atoms with Crippen molar-refractivity contribution in [2.24, 2.45) is 0 Å². The molecule has 1 aromatic rings. The summed E-state index contributed by atoms with van der Waals surface area (Å²) in [5.41, 5.74) is 0. The number of terminal acetylenes is 1. The molecule has 0 saturated heterocycles. The minimum Gasteiger partial charge on any atom is -0.480 e. The van der Waals surface area contributed by atoms with Crippen molar-refractivity contribution in [1.82, 2.24) is 9.97 Å². The lowest BCUT2D eigenvalue weighted by Gasteiger charge is -2.04. The largest absolute Gasteiger partial charge is 0.480 e. The van der Waals surface area contributed by atoms with Gasteiger partial charge in [-0.15, -0.1) is 12.3 Å². The van der Waals surface area contributed by atoms with Gasteiger partial charge in [-0.2, -0.15) is 4.98 Å². The maximum atomic E-state index is 5.72. The van der Waals surface area contributed by atoms with Gasteiger partial charge in [0.15, 0.2) is 0 Å². The van der Waals surface area contributed by atoms with E-state index >= 15 is 0 Å². The number of nitrogens with zero attached hydrogens (tertiary/aromatic N) is 2. The standard InChI is InChI=1S/C9H9ClN2O2/c1-3-4-5-14-9-11-6-7(10)8(12-9)13-2/h1,6H,4-5H2,2H3. The van der Waals surface area contributed by atoms with Crippen LogP contribution in [0.4, 0.5) is 0 Å². The fourth-order valence-corrected chi connectivity index (χ4v) is 0.918. The molecule has 0 aliphatic carbocycles. The summed E-state index contributed by atoms with van der Waals surface area (Å²) in [6.07, 6.45) is 6.98. The van der Waals surface area contributed by atoms with Crippen LogP contribution in [0.3, 0.4) is 0 Å². The summed E-state index contributed by atoms with van der Waals surface area (Å²) in [7, 11) is 1.47. The van der Waals surface area contributed by atoms with Gasteiger partial charge in [0.1, 0.15) is 11.6 Å². The molecule has 14 heavy (non-hydrogen) atoms. The molecule has 0 N–H and O–H groups in total. The SMILES string of the molecule is C#CCCOc1ncc(Cl)c(OC)n1. The highest BCUT2D eigenvalue weighted by Gasteiger charge is 2.05. The Morgan fingerprint density at radius 1 is 1.64 bits per heavy atom. The molecular formula is C9H9ClN2O2. The first-order valence-corrected chi connectivity index (χ1v) is 4.28. The first-order chi connectivity index (χ1) is 6.77. The van der Waals surface area contributed by atoms with Crippen molar-refractivity contribution in [3.05, 3.63) is 11.2 Å². The Balaban J connectivity index is 2.65. The van der Waals surface area contributed by atoms with Gasteiger partial charge in [0.2, 0.25) is 5.88 Å². The van der Waals surface area contributed by atoms with Crippen molar-refractivity contribution < 1.29 is 9.47 Å². The number of rotatable bonds is 4. The van der Waals surface area contributed by atoms with E-state index in [1.807, 2.05) is 0 Å². The zero-order valence-corrected chi connectivity index (χ0v) is 8.41. The summed E-state index contributed by atoms with van der Waals surface area (Å²) in [5, 5.41) is 0.344. The molecule has 0 fully saturated rings. The Bertz CT molecular complexity index is 349. The molecule has 0 aliphatic heterocycles. The van der Waals surface area contributed by atoms with Crippen molar-refractivity contribution in [3.8, 4) is 24.2 Å². The first kappa shape index (κ1) is 10.6. The van der Waals surface area contributed by atoms with E-state index in [1.54, 1.807) is 0 Å². The Morgan fingerprint density at radius 2 is 2.43 bits per heavy atom. The number of halogens is 1. The topological polar surface area (TPSA) is 44.2 Å². The number of hydrogen-bond acceptors (Lipinski definition) is 4. The van der Waals surface area contributed by atoms with Crippen LogP contribution in [-0.4, -0.2) is 23.7 Å². The van der Waals surface area contributed by atoms with Gasteiger partial charge in [0.05, 0.1) is 13.3 Å². The van der Waals surface area contributed by atoms with Crippen LogP contribution in [-0.2, 0) is 0 Å².